The molecule has 0 heterocycles. The molecule has 0 unspecified atom stereocenters. The molecule has 0 fully saturated rings. The summed E-state index contributed by atoms with van der Waals surface area (Å²) >= 11 is 0. The molecule has 7 nitrogen and oxygen atoms in total. The normalized spacial score (nSPS) is 7.27. The van der Waals surface area contributed by atoms with Gasteiger partial charge in [-0.1, -0.05) is 0 Å². The van der Waals surface area contributed by atoms with Crippen molar-refractivity contribution in [3.05, 3.63) is 0 Å². The van der Waals surface area contributed by atoms with Crippen molar-refractivity contribution in [1.82, 2.24) is 0 Å². The number of ketones is 2. The summed E-state index contributed by atoms with van der Waals surface area (Å²) in [5, 5.41) is 0. The van der Waals surface area contributed by atoms with Gasteiger partial charge in [0, 0.05) is 42.1 Å². The summed E-state index contributed by atoms with van der Waals surface area (Å²) < 4.78 is 8.99. The van der Waals surface area contributed by atoms with E-state index >= 15 is 0 Å². The van der Waals surface area contributed by atoms with Crippen molar-refractivity contribution in [3.63, 3.8) is 0 Å². The van der Waals surface area contributed by atoms with Crippen molar-refractivity contribution >= 4 is 30.3 Å². The van der Waals surface area contributed by atoms with E-state index in [1.807, 2.05) is 6.79 Å². The van der Waals surface area contributed by atoms with Crippen LogP contribution in [0.25, 0.3) is 0 Å². The zero-order chi connectivity index (χ0) is 16.6. The molecule has 0 spiro atoms. The summed E-state index contributed by atoms with van der Waals surface area (Å²) in [6.45, 7) is 8.81. The van der Waals surface area contributed by atoms with Crippen LogP contribution in [0.15, 0.2) is 0 Å². The maximum Gasteiger partial charge on any atom is 0.313 e. The van der Waals surface area contributed by atoms with Crippen LogP contribution >= 0.6 is 0 Å². The zero-order valence-corrected chi connectivity index (χ0v) is 17.6. The van der Waals surface area contributed by atoms with Crippen molar-refractivity contribution in [2.75, 3.05) is 13.2 Å². The van der Waals surface area contributed by atoms with Crippen LogP contribution in [0, 0.1) is 0 Å². The molecule has 0 aromatic heterocycles. The van der Waals surface area contributed by atoms with Gasteiger partial charge in [0.1, 0.15) is 31.2 Å². The standard InChI is InChI=1S/2C6H10O3.CH2O.2Pt/c2*1-3-9-6(8)4-5(2)7;1-2;;/h2*3-4H2,1-2H3;1H2;;. The molecule has 0 rings (SSSR count). The molecule has 22 heavy (non-hydrogen) atoms. The number of hydrogen-bond acceptors (Lipinski definition) is 7. The first kappa shape index (κ1) is 33.1. The molecule has 0 radical (unpaired) electrons. The van der Waals surface area contributed by atoms with Crippen LogP contribution in [0.2, 0.25) is 0 Å². The van der Waals surface area contributed by atoms with Gasteiger partial charge in [-0.25, -0.2) is 0 Å². The minimum absolute atomic E-state index is 0. The molecular formula is C13H22O7Pt2. The fourth-order valence-corrected chi connectivity index (χ4v) is 0.831. The number of ether oxygens (including phenoxy) is 2. The SMILES string of the molecule is C=O.CCOC(=O)CC(C)=O.CCOC(=O)CC(C)=O.[Pt].[Pt]. The molecular weight excluding hydrogens is 658 g/mol. The van der Waals surface area contributed by atoms with E-state index in [4.69, 9.17) is 4.79 Å². The van der Waals surface area contributed by atoms with Gasteiger partial charge < -0.3 is 14.3 Å². The van der Waals surface area contributed by atoms with E-state index in [1.165, 1.54) is 13.8 Å². The Bertz CT molecular complexity index is 290. The van der Waals surface area contributed by atoms with E-state index in [-0.39, 0.29) is 66.5 Å². The second-order valence-electron chi connectivity index (χ2n) is 3.37. The van der Waals surface area contributed by atoms with Gasteiger partial charge in [-0.15, -0.1) is 0 Å². The van der Waals surface area contributed by atoms with Crippen LogP contribution in [0.5, 0.6) is 0 Å². The van der Waals surface area contributed by atoms with Gasteiger partial charge in [-0.2, -0.15) is 0 Å². The third-order valence-electron chi connectivity index (χ3n) is 1.40. The van der Waals surface area contributed by atoms with Crippen molar-refractivity contribution in [2.24, 2.45) is 0 Å². The average Bonchev–Trinajstić information content (AvgIpc) is 2.30. The van der Waals surface area contributed by atoms with E-state index in [0.29, 0.717) is 13.2 Å². The molecule has 0 N–H and O–H groups in total. The summed E-state index contributed by atoms with van der Waals surface area (Å²) in [7, 11) is 0. The summed E-state index contributed by atoms with van der Waals surface area (Å²) in [5.74, 6) is -1.20. The molecule has 0 aromatic carbocycles. The molecule has 0 saturated carbocycles. The Labute approximate surface area is 159 Å². The third kappa shape index (κ3) is 36.5. The number of rotatable bonds is 6. The van der Waals surface area contributed by atoms with E-state index in [1.54, 1.807) is 13.8 Å². The second-order valence-corrected chi connectivity index (χ2v) is 3.37. The summed E-state index contributed by atoms with van der Waals surface area (Å²) in [4.78, 5) is 49.3. The van der Waals surface area contributed by atoms with Gasteiger partial charge >= 0.3 is 11.9 Å². The Morgan fingerprint density at radius 1 is 0.727 bits per heavy atom. The minimum atomic E-state index is -0.440. The van der Waals surface area contributed by atoms with Crippen LogP contribution in [0.1, 0.15) is 40.5 Å². The molecule has 0 aliphatic carbocycles. The fraction of sp³-hybridized carbons (Fsp3) is 0.615. The molecule has 0 aromatic rings. The maximum absolute atomic E-state index is 10.4. The minimum Gasteiger partial charge on any atom is -0.466 e. The van der Waals surface area contributed by atoms with Gasteiger partial charge in [0.2, 0.25) is 0 Å². The van der Waals surface area contributed by atoms with Crippen molar-refractivity contribution in [1.29, 1.82) is 0 Å². The first-order chi connectivity index (χ1) is 9.33. The predicted octanol–water partition coefficient (Wildman–Crippen LogP) is 0.867. The number of esters is 2. The van der Waals surface area contributed by atoms with Crippen molar-refractivity contribution in [3.8, 4) is 0 Å². The average molecular weight is 680 g/mol. The molecule has 0 aliphatic rings. The first-order valence-electron chi connectivity index (χ1n) is 5.92. The molecule has 9 heteroatoms. The Hall–Kier alpha value is -0.673. The predicted molar refractivity (Wildman–Crippen MR) is 71.0 cm³/mol. The molecule has 0 aliphatic heterocycles. The van der Waals surface area contributed by atoms with Crippen LogP contribution in [0.4, 0.5) is 0 Å². The van der Waals surface area contributed by atoms with Gasteiger partial charge in [0.25, 0.3) is 0 Å². The second kappa shape index (κ2) is 25.3. The van der Waals surface area contributed by atoms with E-state index < -0.39 is 11.9 Å². The van der Waals surface area contributed by atoms with Crippen molar-refractivity contribution < 1.29 is 75.6 Å². The Morgan fingerprint density at radius 2 is 0.955 bits per heavy atom. The maximum atomic E-state index is 10.4. The summed E-state index contributed by atoms with van der Waals surface area (Å²) in [6.07, 6.45) is -0.207. The fourth-order valence-electron chi connectivity index (χ4n) is 0.831. The van der Waals surface area contributed by atoms with Crippen LogP contribution < -0.4 is 0 Å². The molecule has 0 bridgehead atoms. The summed E-state index contributed by atoms with van der Waals surface area (Å²) in [6, 6.07) is 0. The van der Waals surface area contributed by atoms with E-state index in [9.17, 15) is 19.2 Å². The Kier molecular flexibility index (Phi) is 38.0. The largest absolute Gasteiger partial charge is 0.466 e. The topological polar surface area (TPSA) is 104 Å². The van der Waals surface area contributed by atoms with Crippen LogP contribution in [-0.4, -0.2) is 43.5 Å². The molecule has 0 saturated heterocycles. The zero-order valence-electron chi connectivity index (χ0n) is 13.0. The number of Topliss-reactive ketones (excluding diaryl/α,β-unsaturated/α-hetero) is 2. The summed E-state index contributed by atoms with van der Waals surface area (Å²) in [5.41, 5.74) is 0. The molecule has 136 valence electrons. The van der Waals surface area contributed by atoms with Gasteiger partial charge in [-0.05, 0) is 27.7 Å². The Balaban J connectivity index is -0.0000000726. The quantitative estimate of drug-likeness (QED) is 0.303. The van der Waals surface area contributed by atoms with E-state index in [0.717, 1.165) is 0 Å². The first-order valence-corrected chi connectivity index (χ1v) is 5.92. The third-order valence-corrected chi connectivity index (χ3v) is 1.40. The van der Waals surface area contributed by atoms with Crippen LogP contribution in [0.3, 0.4) is 0 Å². The van der Waals surface area contributed by atoms with E-state index in [2.05, 4.69) is 9.47 Å². The van der Waals surface area contributed by atoms with Crippen molar-refractivity contribution in [2.45, 2.75) is 40.5 Å². The molecule has 0 amide bonds. The monoisotopic (exact) mass is 680 g/mol. The number of carbonyl (C=O) groups is 5. The van der Waals surface area contributed by atoms with Gasteiger partial charge in [-0.3, -0.25) is 19.2 Å². The van der Waals surface area contributed by atoms with Gasteiger partial charge in [0.15, 0.2) is 0 Å². The smallest absolute Gasteiger partial charge is 0.313 e. The van der Waals surface area contributed by atoms with Gasteiger partial charge in [0.05, 0.1) is 13.2 Å². The molecule has 0 atom stereocenters. The number of hydrogen-bond donors (Lipinski definition) is 0. The van der Waals surface area contributed by atoms with Crippen LogP contribution in [-0.2, 0) is 75.6 Å². The Morgan fingerprint density at radius 3 is 1.09 bits per heavy atom. The number of carbonyl (C=O) groups excluding carboxylic acids is 5.